The fraction of sp³-hybridized carbons (Fsp3) is 0.938. The number of aliphatic imine (C=N–C) groups is 1. The molecule has 1 aliphatic heterocycles. The minimum Gasteiger partial charge on any atom is -0.356 e. The molecule has 21 heavy (non-hydrogen) atoms. The van der Waals surface area contributed by atoms with Crippen LogP contribution in [0.5, 0.6) is 0 Å². The molecular formula is C16H35IN4. The average molecular weight is 410 g/mol. The first-order valence-corrected chi connectivity index (χ1v) is 8.39. The molecule has 0 radical (unpaired) electrons. The summed E-state index contributed by atoms with van der Waals surface area (Å²) in [6.45, 7) is 10.4. The summed E-state index contributed by atoms with van der Waals surface area (Å²) in [7, 11) is 1.84. The largest absolute Gasteiger partial charge is 0.356 e. The van der Waals surface area contributed by atoms with E-state index >= 15 is 0 Å². The van der Waals surface area contributed by atoms with Crippen LogP contribution in [0.15, 0.2) is 4.99 Å². The number of rotatable bonds is 8. The molecule has 0 saturated carbocycles. The first kappa shape index (κ1) is 21.0. The summed E-state index contributed by atoms with van der Waals surface area (Å²) in [4.78, 5) is 6.86. The van der Waals surface area contributed by atoms with Gasteiger partial charge in [0.15, 0.2) is 5.96 Å². The van der Waals surface area contributed by atoms with Gasteiger partial charge in [-0.2, -0.15) is 0 Å². The molecule has 0 aromatic rings. The third-order valence-electron chi connectivity index (χ3n) is 3.79. The van der Waals surface area contributed by atoms with Crippen LogP contribution < -0.4 is 10.6 Å². The molecule has 4 nitrogen and oxygen atoms in total. The van der Waals surface area contributed by atoms with Gasteiger partial charge in [-0.1, -0.05) is 26.7 Å². The first-order chi connectivity index (χ1) is 9.72. The van der Waals surface area contributed by atoms with E-state index in [-0.39, 0.29) is 24.0 Å². The Labute approximate surface area is 148 Å². The van der Waals surface area contributed by atoms with Gasteiger partial charge in [0.1, 0.15) is 0 Å². The lowest BCUT2D eigenvalue weighted by molar-refractivity contribution is 0.224. The maximum absolute atomic E-state index is 4.24. The smallest absolute Gasteiger partial charge is 0.190 e. The third-order valence-corrected chi connectivity index (χ3v) is 3.79. The molecule has 0 bridgehead atoms. The van der Waals surface area contributed by atoms with Crippen molar-refractivity contribution in [3.8, 4) is 0 Å². The molecule has 0 aromatic carbocycles. The second-order valence-electron chi connectivity index (χ2n) is 6.24. The summed E-state index contributed by atoms with van der Waals surface area (Å²) in [5.41, 5.74) is 0. The monoisotopic (exact) mass is 410 g/mol. The van der Waals surface area contributed by atoms with Gasteiger partial charge < -0.3 is 15.5 Å². The molecule has 1 saturated heterocycles. The zero-order valence-electron chi connectivity index (χ0n) is 14.2. The molecule has 1 rings (SSSR count). The summed E-state index contributed by atoms with van der Waals surface area (Å²) in [5, 5.41) is 6.73. The molecule has 1 fully saturated rings. The van der Waals surface area contributed by atoms with Crippen LogP contribution in [0.25, 0.3) is 0 Å². The van der Waals surface area contributed by atoms with Crippen molar-refractivity contribution in [1.29, 1.82) is 0 Å². The van der Waals surface area contributed by atoms with Gasteiger partial charge in [-0.15, -0.1) is 24.0 Å². The van der Waals surface area contributed by atoms with E-state index in [0.29, 0.717) is 5.92 Å². The Morgan fingerprint density at radius 2 is 1.76 bits per heavy atom. The van der Waals surface area contributed by atoms with Crippen LogP contribution in [0.1, 0.15) is 52.4 Å². The number of halogens is 1. The molecule has 0 atom stereocenters. The predicted molar refractivity (Wildman–Crippen MR) is 104 cm³/mol. The van der Waals surface area contributed by atoms with Crippen LogP contribution in [-0.4, -0.2) is 50.6 Å². The van der Waals surface area contributed by atoms with Crippen LogP contribution in [0.2, 0.25) is 0 Å². The summed E-state index contributed by atoms with van der Waals surface area (Å²) in [6.07, 6.45) is 8.11. The first-order valence-electron chi connectivity index (χ1n) is 8.39. The number of piperidine rings is 1. The number of hydrogen-bond acceptors (Lipinski definition) is 2. The number of nitrogens with one attached hydrogen (secondary N) is 2. The van der Waals surface area contributed by atoms with E-state index in [0.717, 1.165) is 19.0 Å². The van der Waals surface area contributed by atoms with Gasteiger partial charge >= 0.3 is 0 Å². The zero-order valence-corrected chi connectivity index (χ0v) is 16.5. The van der Waals surface area contributed by atoms with E-state index in [1.54, 1.807) is 0 Å². The Morgan fingerprint density at radius 1 is 1.05 bits per heavy atom. The fourth-order valence-corrected chi connectivity index (χ4v) is 2.55. The number of unbranched alkanes of at least 4 members (excludes halogenated alkanes) is 2. The van der Waals surface area contributed by atoms with E-state index < -0.39 is 0 Å². The normalized spacial score (nSPS) is 16.7. The molecule has 0 amide bonds. The second kappa shape index (κ2) is 13.6. The van der Waals surface area contributed by atoms with Crippen LogP contribution >= 0.6 is 24.0 Å². The summed E-state index contributed by atoms with van der Waals surface area (Å²) in [6, 6.07) is 0. The zero-order chi connectivity index (χ0) is 14.6. The molecule has 0 unspecified atom stereocenters. The van der Waals surface area contributed by atoms with Gasteiger partial charge in [-0.3, -0.25) is 4.99 Å². The standard InChI is InChI=1S/C16H34N4.HI/c1-15(2)14-19-16(17-3)18-10-6-4-7-11-20-12-8-5-9-13-20;/h15H,4-14H2,1-3H3,(H2,17,18,19);1H. The molecule has 0 aliphatic carbocycles. The van der Waals surface area contributed by atoms with Gasteiger partial charge in [0.05, 0.1) is 0 Å². The quantitative estimate of drug-likeness (QED) is 0.280. The van der Waals surface area contributed by atoms with Crippen molar-refractivity contribution in [3.05, 3.63) is 0 Å². The van der Waals surface area contributed by atoms with E-state index in [4.69, 9.17) is 0 Å². The van der Waals surface area contributed by atoms with E-state index in [2.05, 4.69) is 34.4 Å². The Morgan fingerprint density at radius 3 is 2.38 bits per heavy atom. The molecule has 1 aliphatic rings. The van der Waals surface area contributed by atoms with Crippen molar-refractivity contribution in [1.82, 2.24) is 15.5 Å². The van der Waals surface area contributed by atoms with Crippen LogP contribution in [-0.2, 0) is 0 Å². The van der Waals surface area contributed by atoms with Crippen molar-refractivity contribution >= 4 is 29.9 Å². The Hall–Kier alpha value is -0.0400. The third kappa shape index (κ3) is 11.2. The molecule has 0 aromatic heterocycles. The molecule has 1 heterocycles. The molecule has 126 valence electrons. The van der Waals surface area contributed by atoms with E-state index in [9.17, 15) is 0 Å². The highest BCUT2D eigenvalue weighted by Crippen LogP contribution is 2.09. The van der Waals surface area contributed by atoms with Gasteiger partial charge in [-0.25, -0.2) is 0 Å². The average Bonchev–Trinajstić information content (AvgIpc) is 2.46. The Kier molecular flexibility index (Phi) is 13.6. The maximum Gasteiger partial charge on any atom is 0.190 e. The highest BCUT2D eigenvalue weighted by atomic mass is 127. The lowest BCUT2D eigenvalue weighted by Gasteiger charge is -2.26. The van der Waals surface area contributed by atoms with Crippen molar-refractivity contribution in [2.45, 2.75) is 52.4 Å². The molecule has 0 spiro atoms. The predicted octanol–water partition coefficient (Wildman–Crippen LogP) is 3.08. The molecule has 5 heteroatoms. The number of nitrogens with zero attached hydrogens (tertiary/aromatic N) is 2. The lowest BCUT2D eigenvalue weighted by atomic mass is 10.1. The minimum atomic E-state index is 0. The highest BCUT2D eigenvalue weighted by molar-refractivity contribution is 14.0. The fourth-order valence-electron chi connectivity index (χ4n) is 2.55. The Balaban J connectivity index is 0.00000400. The SMILES string of the molecule is CN=C(NCCCCCN1CCCCC1)NCC(C)C.I. The van der Waals surface area contributed by atoms with Crippen molar-refractivity contribution < 1.29 is 0 Å². The van der Waals surface area contributed by atoms with E-state index in [1.807, 2.05) is 7.05 Å². The van der Waals surface area contributed by atoms with Gasteiger partial charge in [0, 0.05) is 20.1 Å². The second-order valence-corrected chi connectivity index (χ2v) is 6.24. The van der Waals surface area contributed by atoms with Gasteiger partial charge in [-0.05, 0) is 51.2 Å². The van der Waals surface area contributed by atoms with Crippen LogP contribution in [0.3, 0.4) is 0 Å². The number of hydrogen-bond donors (Lipinski definition) is 2. The van der Waals surface area contributed by atoms with Crippen molar-refractivity contribution in [2.24, 2.45) is 10.9 Å². The Bertz CT molecular complexity index is 263. The van der Waals surface area contributed by atoms with Gasteiger partial charge in [0.25, 0.3) is 0 Å². The van der Waals surface area contributed by atoms with Crippen LogP contribution in [0, 0.1) is 5.92 Å². The van der Waals surface area contributed by atoms with Crippen molar-refractivity contribution in [2.75, 3.05) is 39.8 Å². The minimum absolute atomic E-state index is 0. The topological polar surface area (TPSA) is 39.7 Å². The van der Waals surface area contributed by atoms with Crippen molar-refractivity contribution in [3.63, 3.8) is 0 Å². The van der Waals surface area contributed by atoms with Crippen LogP contribution in [0.4, 0.5) is 0 Å². The highest BCUT2D eigenvalue weighted by Gasteiger charge is 2.08. The summed E-state index contributed by atoms with van der Waals surface area (Å²) >= 11 is 0. The number of likely N-dealkylation sites (tertiary alicyclic amines) is 1. The maximum atomic E-state index is 4.24. The van der Waals surface area contributed by atoms with Gasteiger partial charge in [0.2, 0.25) is 0 Å². The molecule has 2 N–H and O–H groups in total. The molecular weight excluding hydrogens is 375 g/mol. The summed E-state index contributed by atoms with van der Waals surface area (Å²) < 4.78 is 0. The summed E-state index contributed by atoms with van der Waals surface area (Å²) in [5.74, 6) is 1.59. The lowest BCUT2D eigenvalue weighted by Crippen LogP contribution is -2.39. The number of guanidine groups is 1. The van der Waals surface area contributed by atoms with E-state index in [1.165, 1.54) is 58.2 Å².